The van der Waals surface area contributed by atoms with Gasteiger partial charge in [0.25, 0.3) is 0 Å². The Morgan fingerprint density at radius 3 is 2.50 bits per heavy atom. The highest BCUT2D eigenvalue weighted by molar-refractivity contribution is 7.52. The fraction of sp³-hybridized carbons (Fsp3) is 1.00. The van der Waals surface area contributed by atoms with E-state index >= 15 is 0 Å². The summed E-state index contributed by atoms with van der Waals surface area (Å²) in [6, 6.07) is -0.614. The summed E-state index contributed by atoms with van der Waals surface area (Å²) < 4.78 is 27.3. The zero-order chi connectivity index (χ0) is 12.3. The minimum atomic E-state index is -3.57. The molecular weight excluding hydrogens is 230 g/mol. The van der Waals surface area contributed by atoms with E-state index in [2.05, 4.69) is 0 Å². The second-order valence-electron chi connectivity index (χ2n) is 3.77. The van der Waals surface area contributed by atoms with Crippen LogP contribution in [0, 0.1) is 0 Å². The van der Waals surface area contributed by atoms with Gasteiger partial charge >= 0.3 is 7.60 Å². The van der Waals surface area contributed by atoms with Crippen molar-refractivity contribution in [3.8, 4) is 0 Å². The second-order valence-corrected chi connectivity index (χ2v) is 5.89. The molecule has 1 N–H and O–H groups in total. The zero-order valence-corrected chi connectivity index (χ0v) is 10.7. The van der Waals surface area contributed by atoms with E-state index in [1.54, 1.807) is 6.92 Å². The van der Waals surface area contributed by atoms with Crippen molar-refractivity contribution in [2.75, 3.05) is 13.3 Å². The highest BCUT2D eigenvalue weighted by Gasteiger charge is 2.44. The quantitative estimate of drug-likeness (QED) is 0.578. The lowest BCUT2D eigenvalue weighted by molar-refractivity contribution is 0.0128. The Balaban J connectivity index is 2.77. The van der Waals surface area contributed by atoms with E-state index in [-0.39, 0.29) is 12.3 Å². The van der Waals surface area contributed by atoms with Gasteiger partial charge in [-0.2, -0.15) is 0 Å². The summed E-state index contributed by atoms with van der Waals surface area (Å²) in [4.78, 5) is 9.48. The van der Waals surface area contributed by atoms with Crippen LogP contribution in [0.15, 0.2) is 0 Å². The van der Waals surface area contributed by atoms with Gasteiger partial charge in [-0.3, -0.25) is 9.09 Å². The van der Waals surface area contributed by atoms with Gasteiger partial charge in [-0.25, -0.2) is 0 Å². The molecule has 5 atom stereocenters. The van der Waals surface area contributed by atoms with Gasteiger partial charge in [0.15, 0.2) is 0 Å². The molecule has 1 rings (SSSR count). The molecule has 0 aromatic rings. The molecule has 92 valence electrons. The molecule has 1 fully saturated rings. The van der Waals surface area contributed by atoms with Crippen LogP contribution in [0.1, 0.15) is 20.3 Å². The molecule has 5 nitrogen and oxygen atoms in total. The van der Waals surface area contributed by atoms with Gasteiger partial charge in [0, 0.05) is 19.3 Å². The fourth-order valence-corrected chi connectivity index (χ4v) is 2.53. The number of methoxy groups -OCH3 is 1. The summed E-state index contributed by atoms with van der Waals surface area (Å²) in [5.74, 6) is 0. The molecule has 1 aliphatic heterocycles. The summed E-state index contributed by atoms with van der Waals surface area (Å²) in [6.07, 6.45) is -0.669. The summed E-state index contributed by atoms with van der Waals surface area (Å²) in [6.45, 7) is 3.50. The van der Waals surface area contributed by atoms with Gasteiger partial charge in [0.05, 0.1) is 6.10 Å². The van der Waals surface area contributed by atoms with Crippen molar-refractivity contribution in [1.82, 2.24) is 0 Å². The first-order valence-electron chi connectivity index (χ1n) is 5.39. The fourth-order valence-electron chi connectivity index (χ4n) is 1.74. The molecule has 2 unspecified atom stereocenters. The third kappa shape index (κ3) is 3.08. The van der Waals surface area contributed by atoms with Gasteiger partial charge in [-0.05, 0) is 6.42 Å². The lowest BCUT2D eigenvalue weighted by atomic mass is 9.92. The minimum absolute atomic E-state index is 0.0611. The average Bonchev–Trinajstić information content (AvgIpc) is 2.53. The van der Waals surface area contributed by atoms with Gasteiger partial charge in [0.2, 0.25) is 0 Å². The van der Waals surface area contributed by atoms with Gasteiger partial charge in [0.1, 0.15) is 20.1 Å². The van der Waals surface area contributed by atoms with E-state index in [0.717, 1.165) is 0 Å². The topological polar surface area (TPSA) is 65.0 Å². The smallest absolute Gasteiger partial charge is 0.328 e. The van der Waals surface area contributed by atoms with Crippen LogP contribution in [-0.2, 0) is 18.6 Å². The molecule has 0 aromatic heterocycles. The van der Waals surface area contributed by atoms with Crippen LogP contribution in [0.25, 0.3) is 0 Å². The first kappa shape index (κ1) is 14.2. The van der Waals surface area contributed by atoms with Crippen molar-refractivity contribution in [3.63, 3.8) is 0 Å². The normalized spacial score (nSPS) is 38.5. The predicted octanol–water partition coefficient (Wildman–Crippen LogP) is 0.895. The molecule has 0 aliphatic carbocycles. The maximum Gasteiger partial charge on any atom is 0.328 e. The maximum absolute atomic E-state index is 11.5. The average molecular weight is 248 g/mol. The zero-order valence-electron chi connectivity index (χ0n) is 9.83. The third-order valence-corrected chi connectivity index (χ3v) is 4.08. The number of ether oxygens (including phenoxy) is 2. The molecule has 0 aromatic carbocycles. The monoisotopic (exact) mass is 248 g/mol. The first-order valence-corrected chi connectivity index (χ1v) is 7.15. The minimum Gasteiger partial charge on any atom is -0.379 e. The predicted molar refractivity (Wildman–Crippen MR) is 60.7 cm³/mol. The third-order valence-electron chi connectivity index (χ3n) is 2.71. The molecule has 1 saturated heterocycles. The van der Waals surface area contributed by atoms with Crippen LogP contribution in [0.4, 0.5) is 0 Å². The molecule has 0 spiro atoms. The Hall–Kier alpha value is 0.135. The van der Waals surface area contributed by atoms with Crippen LogP contribution in [-0.4, -0.2) is 50.3 Å². The summed E-state index contributed by atoms with van der Waals surface area (Å²) in [7, 11) is 3.62. The Kier molecular flexibility index (Phi) is 5.01. The van der Waals surface area contributed by atoms with E-state index in [0.29, 0.717) is 6.42 Å². The largest absolute Gasteiger partial charge is 0.379 e. The van der Waals surface area contributed by atoms with E-state index in [4.69, 9.17) is 21.8 Å². The summed E-state index contributed by atoms with van der Waals surface area (Å²) in [5, 5.41) is 0. The first-order chi connectivity index (χ1) is 7.45. The van der Waals surface area contributed by atoms with E-state index in [9.17, 15) is 9.46 Å². The Bertz CT molecular complexity index is 275. The van der Waals surface area contributed by atoms with Crippen molar-refractivity contribution < 1.29 is 23.5 Å². The Labute approximate surface area is 97.4 Å². The van der Waals surface area contributed by atoms with Crippen molar-refractivity contribution in [1.29, 1.82) is 0 Å². The SMILES string of the molecule is [B][C@@H]1O[C@H](CC)C(OP(=O)(O)CC)[C@@H]1OC. The molecule has 7 heteroatoms. The van der Waals surface area contributed by atoms with Gasteiger partial charge < -0.3 is 14.4 Å². The lowest BCUT2D eigenvalue weighted by Gasteiger charge is -2.24. The molecule has 0 bridgehead atoms. The van der Waals surface area contributed by atoms with E-state index in [1.807, 2.05) is 6.92 Å². The molecule has 1 heterocycles. The summed E-state index contributed by atoms with van der Waals surface area (Å²) >= 11 is 0. The van der Waals surface area contributed by atoms with Crippen molar-refractivity contribution in [3.05, 3.63) is 0 Å². The molecule has 2 radical (unpaired) electrons. The van der Waals surface area contributed by atoms with Gasteiger partial charge in [-0.15, -0.1) is 0 Å². The highest BCUT2D eigenvalue weighted by atomic mass is 31.2. The van der Waals surface area contributed by atoms with E-state index < -0.39 is 25.8 Å². The van der Waals surface area contributed by atoms with Crippen molar-refractivity contribution >= 4 is 15.4 Å². The van der Waals surface area contributed by atoms with Crippen molar-refractivity contribution in [2.24, 2.45) is 0 Å². The number of hydrogen-bond donors (Lipinski definition) is 1. The van der Waals surface area contributed by atoms with Crippen LogP contribution < -0.4 is 0 Å². The van der Waals surface area contributed by atoms with Crippen LogP contribution in [0.2, 0.25) is 0 Å². The lowest BCUT2D eigenvalue weighted by Crippen LogP contribution is -2.36. The molecular formula is C9H18BO5P. The number of hydrogen-bond acceptors (Lipinski definition) is 4. The Morgan fingerprint density at radius 1 is 1.44 bits per heavy atom. The molecule has 0 amide bonds. The molecule has 0 saturated carbocycles. The van der Waals surface area contributed by atoms with Crippen LogP contribution >= 0.6 is 7.60 Å². The number of rotatable bonds is 5. The highest BCUT2D eigenvalue weighted by Crippen LogP contribution is 2.46. The van der Waals surface area contributed by atoms with Crippen LogP contribution in [0.3, 0.4) is 0 Å². The van der Waals surface area contributed by atoms with Crippen LogP contribution in [0.5, 0.6) is 0 Å². The maximum atomic E-state index is 11.5. The van der Waals surface area contributed by atoms with Crippen molar-refractivity contribution in [2.45, 2.75) is 44.6 Å². The molecule has 16 heavy (non-hydrogen) atoms. The summed E-state index contributed by atoms with van der Waals surface area (Å²) in [5.41, 5.74) is 0. The standard InChI is InChI=1S/C9H18BO5P/c1-4-6-7(15-16(11,12)5-2)8(13-3)9(10)14-6/h6-9H,4-5H2,1-3H3,(H,11,12)/t6-,7?,8+,9-/m1/s1. The van der Waals surface area contributed by atoms with E-state index in [1.165, 1.54) is 7.11 Å². The van der Waals surface area contributed by atoms with Gasteiger partial charge in [-0.1, -0.05) is 13.8 Å². The second kappa shape index (κ2) is 5.65. The Morgan fingerprint density at radius 2 is 2.06 bits per heavy atom. The molecule has 1 aliphatic rings.